The molecule has 2 N–H and O–H groups in total. The van der Waals surface area contributed by atoms with Gasteiger partial charge in [0.2, 0.25) is 0 Å². The minimum absolute atomic E-state index is 0.122. The SMILES string of the molecule is COc1ccc(CN(C)c2cc3ncc(-c4ccc(F)c(N)c4)cc3cn2)cc1. The second-order valence-corrected chi connectivity index (χ2v) is 6.90. The average Bonchev–Trinajstić information content (AvgIpc) is 2.75. The predicted molar refractivity (Wildman–Crippen MR) is 114 cm³/mol. The van der Waals surface area contributed by atoms with Gasteiger partial charge in [-0.1, -0.05) is 18.2 Å². The molecule has 0 bridgehead atoms. The Morgan fingerprint density at radius 2 is 1.76 bits per heavy atom. The van der Waals surface area contributed by atoms with Crippen molar-refractivity contribution in [3.63, 3.8) is 0 Å². The van der Waals surface area contributed by atoms with Crippen LogP contribution < -0.4 is 15.4 Å². The number of pyridine rings is 2. The number of nitrogens with two attached hydrogens (primary N) is 1. The highest BCUT2D eigenvalue weighted by Crippen LogP contribution is 2.27. The molecular weight excluding hydrogens is 367 g/mol. The van der Waals surface area contributed by atoms with E-state index in [1.54, 1.807) is 31.6 Å². The maximum absolute atomic E-state index is 13.4. The van der Waals surface area contributed by atoms with Crippen LogP contribution in [0.5, 0.6) is 5.75 Å². The fourth-order valence-electron chi connectivity index (χ4n) is 3.19. The first kappa shape index (κ1) is 18.7. The number of nitrogens with zero attached hydrogens (tertiary/aromatic N) is 3. The summed E-state index contributed by atoms with van der Waals surface area (Å²) >= 11 is 0. The number of nitrogen functional groups attached to an aromatic ring is 1. The molecule has 0 unspecified atom stereocenters. The van der Waals surface area contributed by atoms with E-state index in [0.717, 1.165) is 45.7 Å². The van der Waals surface area contributed by atoms with Crippen molar-refractivity contribution in [1.82, 2.24) is 9.97 Å². The number of hydrogen-bond acceptors (Lipinski definition) is 5. The van der Waals surface area contributed by atoms with Gasteiger partial charge >= 0.3 is 0 Å². The summed E-state index contributed by atoms with van der Waals surface area (Å²) in [6, 6.07) is 16.6. The van der Waals surface area contributed by atoms with Crippen molar-refractivity contribution in [2.24, 2.45) is 0 Å². The lowest BCUT2D eigenvalue weighted by Gasteiger charge is -2.18. The van der Waals surface area contributed by atoms with Crippen LogP contribution >= 0.6 is 0 Å². The zero-order chi connectivity index (χ0) is 20.4. The molecule has 146 valence electrons. The molecule has 4 rings (SSSR count). The third-order valence-corrected chi connectivity index (χ3v) is 4.85. The van der Waals surface area contributed by atoms with Gasteiger partial charge in [-0.25, -0.2) is 9.37 Å². The van der Waals surface area contributed by atoms with Crippen LogP contribution in [0.1, 0.15) is 5.56 Å². The Morgan fingerprint density at radius 1 is 0.966 bits per heavy atom. The Bertz CT molecular complexity index is 1160. The molecular formula is C23H21FN4O. The first-order valence-electron chi connectivity index (χ1n) is 9.19. The maximum Gasteiger partial charge on any atom is 0.146 e. The fourth-order valence-corrected chi connectivity index (χ4v) is 3.19. The Balaban J connectivity index is 1.58. The lowest BCUT2D eigenvalue weighted by Crippen LogP contribution is -2.17. The monoisotopic (exact) mass is 388 g/mol. The van der Waals surface area contributed by atoms with Crippen LogP contribution in [0.15, 0.2) is 67.0 Å². The molecule has 0 saturated heterocycles. The Kier molecular flexibility index (Phi) is 4.99. The normalized spacial score (nSPS) is 10.9. The molecule has 5 nitrogen and oxygen atoms in total. The highest BCUT2D eigenvalue weighted by Gasteiger charge is 2.08. The molecule has 0 fully saturated rings. The van der Waals surface area contributed by atoms with Crippen LogP contribution in [0.25, 0.3) is 22.0 Å². The number of aromatic nitrogens is 2. The van der Waals surface area contributed by atoms with Crippen molar-refractivity contribution in [2.45, 2.75) is 6.54 Å². The van der Waals surface area contributed by atoms with Gasteiger partial charge in [0.1, 0.15) is 17.4 Å². The summed E-state index contributed by atoms with van der Waals surface area (Å²) in [6.45, 7) is 0.718. The summed E-state index contributed by atoms with van der Waals surface area (Å²) in [5.41, 5.74) is 9.49. The van der Waals surface area contributed by atoms with Crippen LogP contribution in [-0.4, -0.2) is 24.1 Å². The third-order valence-electron chi connectivity index (χ3n) is 4.85. The zero-order valence-corrected chi connectivity index (χ0v) is 16.3. The lowest BCUT2D eigenvalue weighted by molar-refractivity contribution is 0.414. The van der Waals surface area contributed by atoms with Gasteiger partial charge in [-0.3, -0.25) is 4.98 Å². The number of halogens is 1. The fraction of sp³-hybridized carbons (Fsp3) is 0.130. The summed E-state index contributed by atoms with van der Waals surface area (Å²) in [5, 5.41) is 0.909. The van der Waals surface area contributed by atoms with Crippen LogP contribution in [-0.2, 0) is 6.54 Å². The van der Waals surface area contributed by atoms with E-state index in [1.807, 2.05) is 43.4 Å². The first-order valence-corrected chi connectivity index (χ1v) is 9.19. The number of ether oxygens (including phenoxy) is 1. The molecule has 0 atom stereocenters. The number of rotatable bonds is 5. The minimum atomic E-state index is -0.422. The summed E-state index contributed by atoms with van der Waals surface area (Å²) < 4.78 is 18.6. The quantitative estimate of drug-likeness (QED) is 0.504. The van der Waals surface area contributed by atoms with E-state index in [0.29, 0.717) is 0 Å². The molecule has 0 amide bonds. The standard InChI is InChI=1S/C23H21FN4O/c1-28(14-15-3-6-19(29-2)7-4-15)23-11-22-18(13-27-23)9-17(12-26-22)16-5-8-20(24)21(25)10-16/h3-13H,14,25H2,1-2H3. The maximum atomic E-state index is 13.4. The van der Waals surface area contributed by atoms with Crippen LogP contribution in [0.4, 0.5) is 15.9 Å². The number of anilines is 2. The smallest absolute Gasteiger partial charge is 0.146 e. The molecule has 6 heteroatoms. The second kappa shape index (κ2) is 7.75. The van der Waals surface area contributed by atoms with Gasteiger partial charge in [0, 0.05) is 43.0 Å². The van der Waals surface area contributed by atoms with Gasteiger partial charge in [-0.15, -0.1) is 0 Å². The second-order valence-electron chi connectivity index (χ2n) is 6.90. The van der Waals surface area contributed by atoms with Crippen molar-refractivity contribution in [2.75, 3.05) is 24.8 Å². The van der Waals surface area contributed by atoms with Gasteiger partial charge in [-0.05, 0) is 41.5 Å². The van der Waals surface area contributed by atoms with Crippen LogP contribution in [0.2, 0.25) is 0 Å². The molecule has 0 aliphatic heterocycles. The molecule has 0 radical (unpaired) electrons. The molecule has 29 heavy (non-hydrogen) atoms. The third kappa shape index (κ3) is 3.96. The van der Waals surface area contributed by atoms with Crippen LogP contribution in [0, 0.1) is 5.82 Å². The minimum Gasteiger partial charge on any atom is -0.497 e. The van der Waals surface area contributed by atoms with Gasteiger partial charge in [-0.2, -0.15) is 0 Å². The zero-order valence-electron chi connectivity index (χ0n) is 16.3. The molecule has 0 aliphatic rings. The average molecular weight is 388 g/mol. The summed E-state index contributed by atoms with van der Waals surface area (Å²) in [4.78, 5) is 11.2. The summed E-state index contributed by atoms with van der Waals surface area (Å²) in [7, 11) is 3.65. The van der Waals surface area contributed by atoms with E-state index < -0.39 is 5.82 Å². The van der Waals surface area contributed by atoms with Crippen molar-refractivity contribution in [3.8, 4) is 16.9 Å². The largest absolute Gasteiger partial charge is 0.497 e. The number of methoxy groups -OCH3 is 1. The predicted octanol–water partition coefficient (Wildman–Crippen LogP) is 4.66. The lowest BCUT2D eigenvalue weighted by atomic mass is 10.1. The molecule has 2 aromatic carbocycles. The van der Waals surface area contributed by atoms with E-state index in [-0.39, 0.29) is 5.69 Å². The van der Waals surface area contributed by atoms with Crippen molar-refractivity contribution < 1.29 is 9.13 Å². The van der Waals surface area contributed by atoms with E-state index in [9.17, 15) is 4.39 Å². The highest BCUT2D eigenvalue weighted by molar-refractivity contribution is 5.85. The van der Waals surface area contributed by atoms with E-state index in [1.165, 1.54) is 6.07 Å². The molecule has 4 aromatic rings. The first-order chi connectivity index (χ1) is 14.0. The molecule has 0 spiro atoms. The topological polar surface area (TPSA) is 64.3 Å². The van der Waals surface area contributed by atoms with Crippen molar-refractivity contribution in [3.05, 3.63) is 78.4 Å². The van der Waals surface area contributed by atoms with Gasteiger partial charge in [0.05, 0.1) is 18.3 Å². The Labute approximate surface area is 168 Å². The number of benzene rings is 2. The molecule has 2 heterocycles. The number of hydrogen-bond donors (Lipinski definition) is 1. The summed E-state index contributed by atoms with van der Waals surface area (Å²) in [6.07, 6.45) is 3.57. The Hall–Kier alpha value is -3.67. The van der Waals surface area contributed by atoms with Gasteiger partial charge in [0.25, 0.3) is 0 Å². The van der Waals surface area contributed by atoms with Gasteiger partial charge in [0.15, 0.2) is 0 Å². The highest BCUT2D eigenvalue weighted by atomic mass is 19.1. The summed E-state index contributed by atoms with van der Waals surface area (Å²) in [5.74, 6) is 1.25. The molecule has 0 aliphatic carbocycles. The van der Waals surface area contributed by atoms with E-state index >= 15 is 0 Å². The molecule has 0 saturated carbocycles. The molecule has 2 aromatic heterocycles. The van der Waals surface area contributed by atoms with E-state index in [2.05, 4.69) is 14.9 Å². The van der Waals surface area contributed by atoms with E-state index in [4.69, 9.17) is 10.5 Å². The van der Waals surface area contributed by atoms with Crippen LogP contribution in [0.3, 0.4) is 0 Å². The number of fused-ring (bicyclic) bond motifs is 1. The Morgan fingerprint density at radius 3 is 2.48 bits per heavy atom. The van der Waals surface area contributed by atoms with Crippen molar-refractivity contribution in [1.29, 1.82) is 0 Å². The van der Waals surface area contributed by atoms with Gasteiger partial charge < -0.3 is 15.4 Å². The van der Waals surface area contributed by atoms with Crippen molar-refractivity contribution >= 4 is 22.4 Å².